The van der Waals surface area contributed by atoms with Gasteiger partial charge in [0.2, 0.25) is 15.9 Å². The smallest absolute Gasteiger partial charge is 0.243 e. The predicted octanol–water partition coefficient (Wildman–Crippen LogP) is 2.66. The summed E-state index contributed by atoms with van der Waals surface area (Å²) in [4.78, 5) is 17.0. The van der Waals surface area contributed by atoms with E-state index < -0.39 is 10.0 Å². The highest BCUT2D eigenvalue weighted by Crippen LogP contribution is 2.37. The molecule has 0 radical (unpaired) electrons. The Bertz CT molecular complexity index is 1050. The Balaban J connectivity index is 1.52. The lowest BCUT2D eigenvalue weighted by atomic mass is 10.2. The fraction of sp³-hybridized carbons (Fsp3) is 0.381. The maximum atomic E-state index is 13.3. The van der Waals surface area contributed by atoms with E-state index >= 15 is 0 Å². The highest BCUT2D eigenvalue weighted by molar-refractivity contribution is 7.99. The van der Waals surface area contributed by atoms with E-state index in [1.165, 1.54) is 11.2 Å². The lowest BCUT2D eigenvalue weighted by Crippen LogP contribution is -2.48. The van der Waals surface area contributed by atoms with Crippen LogP contribution < -0.4 is 14.5 Å². The maximum absolute atomic E-state index is 13.3. The van der Waals surface area contributed by atoms with Crippen molar-refractivity contribution in [3.8, 4) is 5.75 Å². The van der Waals surface area contributed by atoms with Crippen molar-refractivity contribution >= 4 is 39.1 Å². The molecular weight excluding hydrogens is 422 g/mol. The van der Waals surface area contributed by atoms with Crippen LogP contribution in [0.4, 0.5) is 11.4 Å². The number of piperazine rings is 1. The van der Waals surface area contributed by atoms with Gasteiger partial charge in [0.1, 0.15) is 5.75 Å². The molecule has 0 saturated carbocycles. The predicted molar refractivity (Wildman–Crippen MR) is 119 cm³/mol. The van der Waals surface area contributed by atoms with E-state index in [9.17, 15) is 13.2 Å². The fourth-order valence-corrected chi connectivity index (χ4v) is 6.25. The summed E-state index contributed by atoms with van der Waals surface area (Å²) in [5.41, 5.74) is 1.71. The zero-order valence-corrected chi connectivity index (χ0v) is 18.7. The molecule has 4 rings (SSSR count). The number of rotatable bonds is 4. The number of nitrogens with zero attached hydrogens (tertiary/aromatic N) is 3. The van der Waals surface area contributed by atoms with Crippen molar-refractivity contribution in [1.82, 2.24) is 4.31 Å². The van der Waals surface area contributed by atoms with Gasteiger partial charge < -0.3 is 14.5 Å². The third-order valence-corrected chi connectivity index (χ3v) is 8.41. The van der Waals surface area contributed by atoms with Crippen LogP contribution in [0.25, 0.3) is 0 Å². The van der Waals surface area contributed by atoms with Crippen LogP contribution in [0, 0.1) is 0 Å². The molecule has 0 atom stereocenters. The van der Waals surface area contributed by atoms with E-state index in [2.05, 4.69) is 4.90 Å². The first-order valence-corrected chi connectivity index (χ1v) is 12.3. The third kappa shape index (κ3) is 4.01. The quantitative estimate of drug-likeness (QED) is 0.718. The van der Waals surface area contributed by atoms with Gasteiger partial charge >= 0.3 is 0 Å². The van der Waals surface area contributed by atoms with Crippen molar-refractivity contribution in [3.63, 3.8) is 0 Å². The van der Waals surface area contributed by atoms with Crippen LogP contribution in [0.5, 0.6) is 5.75 Å². The van der Waals surface area contributed by atoms with E-state index in [1.54, 1.807) is 35.9 Å². The Morgan fingerprint density at radius 1 is 1.03 bits per heavy atom. The average Bonchev–Trinajstić information content (AvgIpc) is 2.78. The highest BCUT2D eigenvalue weighted by atomic mass is 32.2. The third-order valence-electron chi connectivity index (χ3n) is 5.47. The number of sulfonamides is 1. The van der Waals surface area contributed by atoms with E-state index in [0.717, 1.165) is 22.1 Å². The molecule has 0 aliphatic carbocycles. The van der Waals surface area contributed by atoms with Crippen LogP contribution in [0.3, 0.4) is 0 Å². The van der Waals surface area contributed by atoms with E-state index in [1.807, 2.05) is 30.3 Å². The minimum atomic E-state index is -3.63. The molecule has 1 fully saturated rings. The van der Waals surface area contributed by atoms with Crippen LogP contribution in [-0.2, 0) is 14.8 Å². The zero-order chi connectivity index (χ0) is 21.3. The van der Waals surface area contributed by atoms with Crippen molar-refractivity contribution in [2.75, 3.05) is 55.4 Å². The second kappa shape index (κ2) is 8.49. The van der Waals surface area contributed by atoms with Gasteiger partial charge in [-0.05, 0) is 30.3 Å². The minimum Gasteiger partial charge on any atom is -0.497 e. The second-order valence-electron chi connectivity index (χ2n) is 7.24. The lowest BCUT2D eigenvalue weighted by molar-refractivity contribution is -0.116. The summed E-state index contributed by atoms with van der Waals surface area (Å²) in [6.45, 7) is 4.12. The first-order chi connectivity index (χ1) is 14.4. The number of methoxy groups -OCH3 is 1. The summed E-state index contributed by atoms with van der Waals surface area (Å²) < 4.78 is 33.4. The molecule has 0 aromatic heterocycles. The van der Waals surface area contributed by atoms with Gasteiger partial charge in [-0.25, -0.2) is 8.42 Å². The number of carbonyl (C=O) groups is 1. The van der Waals surface area contributed by atoms with Gasteiger partial charge in [-0.15, -0.1) is 11.8 Å². The van der Waals surface area contributed by atoms with Crippen LogP contribution >= 0.6 is 11.8 Å². The summed E-state index contributed by atoms with van der Waals surface area (Å²) in [5, 5.41) is 0. The zero-order valence-electron chi connectivity index (χ0n) is 17.1. The molecule has 2 aromatic rings. The average molecular weight is 448 g/mol. The Labute approximate surface area is 181 Å². The summed E-state index contributed by atoms with van der Waals surface area (Å²) in [6.07, 6.45) is 0. The van der Waals surface area contributed by atoms with Gasteiger partial charge in [-0.1, -0.05) is 6.07 Å². The fourth-order valence-electron chi connectivity index (χ4n) is 3.83. The van der Waals surface area contributed by atoms with Crippen molar-refractivity contribution in [2.45, 2.75) is 16.7 Å². The molecule has 0 N–H and O–H groups in total. The Morgan fingerprint density at radius 3 is 2.50 bits per heavy atom. The largest absolute Gasteiger partial charge is 0.497 e. The molecule has 160 valence electrons. The molecule has 0 spiro atoms. The minimum absolute atomic E-state index is 0.0713. The molecule has 2 aliphatic heterocycles. The molecule has 1 amide bonds. The van der Waals surface area contributed by atoms with Crippen LogP contribution in [0.15, 0.2) is 52.3 Å². The lowest BCUT2D eigenvalue weighted by Gasteiger charge is -2.36. The van der Waals surface area contributed by atoms with Gasteiger partial charge in [0, 0.05) is 62.0 Å². The summed E-state index contributed by atoms with van der Waals surface area (Å²) >= 11 is 1.65. The first-order valence-electron chi connectivity index (χ1n) is 9.84. The number of carbonyl (C=O) groups excluding carboxylic acids is 1. The van der Waals surface area contributed by atoms with Gasteiger partial charge in [-0.2, -0.15) is 4.31 Å². The van der Waals surface area contributed by atoms with Crippen molar-refractivity contribution in [1.29, 1.82) is 0 Å². The molecule has 1 saturated heterocycles. The number of hydrogen-bond donors (Lipinski definition) is 0. The Morgan fingerprint density at radius 2 is 1.80 bits per heavy atom. The Kier molecular flexibility index (Phi) is 5.95. The van der Waals surface area contributed by atoms with Crippen LogP contribution in [0.2, 0.25) is 0 Å². The maximum Gasteiger partial charge on any atom is 0.243 e. The summed E-state index contributed by atoms with van der Waals surface area (Å²) in [7, 11) is -2.00. The van der Waals surface area contributed by atoms with Crippen LogP contribution in [0.1, 0.15) is 6.92 Å². The molecule has 0 unspecified atom stereocenters. The SMILES string of the molecule is COc1cccc(N2CCN(S(=O)(=O)c3ccc4c(c3)N(C(C)=O)CCS4)CC2)c1. The van der Waals surface area contributed by atoms with Gasteiger partial charge in [0.25, 0.3) is 0 Å². The highest BCUT2D eigenvalue weighted by Gasteiger charge is 2.30. The molecule has 2 heterocycles. The summed E-state index contributed by atoms with van der Waals surface area (Å²) in [5.74, 6) is 1.52. The molecule has 30 heavy (non-hydrogen) atoms. The number of hydrogen-bond acceptors (Lipinski definition) is 6. The molecular formula is C21H25N3O4S2. The molecule has 7 nitrogen and oxygen atoms in total. The second-order valence-corrected chi connectivity index (χ2v) is 10.3. The Hall–Kier alpha value is -2.23. The van der Waals surface area contributed by atoms with Gasteiger partial charge in [0.15, 0.2) is 0 Å². The van der Waals surface area contributed by atoms with Crippen molar-refractivity contribution in [2.24, 2.45) is 0 Å². The normalized spacial score (nSPS) is 17.5. The number of fused-ring (bicyclic) bond motifs is 1. The molecule has 9 heteroatoms. The van der Waals surface area contributed by atoms with E-state index in [4.69, 9.17) is 4.74 Å². The number of benzene rings is 2. The standard InChI is InChI=1S/C21H25N3O4S2/c1-16(25)24-12-13-29-21-7-6-19(15-20(21)24)30(26,27)23-10-8-22(9-11-23)17-4-3-5-18(14-17)28-2/h3-7,14-15H,8-13H2,1-2H3. The number of thioether (sulfide) groups is 1. The molecule has 2 aromatic carbocycles. The monoisotopic (exact) mass is 447 g/mol. The van der Waals surface area contributed by atoms with Crippen LogP contribution in [-0.4, -0.2) is 64.2 Å². The van der Waals surface area contributed by atoms with E-state index in [-0.39, 0.29) is 10.8 Å². The topological polar surface area (TPSA) is 70.2 Å². The number of amides is 1. The molecule has 0 bridgehead atoms. The van der Waals surface area contributed by atoms with Crippen molar-refractivity contribution in [3.05, 3.63) is 42.5 Å². The van der Waals surface area contributed by atoms with Gasteiger partial charge in [0.05, 0.1) is 17.7 Å². The number of anilines is 2. The van der Waals surface area contributed by atoms with Gasteiger partial charge in [-0.3, -0.25) is 4.79 Å². The van der Waals surface area contributed by atoms with Crippen molar-refractivity contribution < 1.29 is 17.9 Å². The first kappa shape index (κ1) is 21.0. The number of ether oxygens (including phenoxy) is 1. The summed E-state index contributed by atoms with van der Waals surface area (Å²) in [6, 6.07) is 12.9. The van der Waals surface area contributed by atoms with E-state index in [0.29, 0.717) is 38.4 Å². The molecule has 2 aliphatic rings.